The minimum Gasteiger partial charge on any atom is -0.452 e. The second-order valence-electron chi connectivity index (χ2n) is 3.73. The van der Waals surface area contributed by atoms with Crippen LogP contribution in [0.25, 0.3) is 0 Å². The second kappa shape index (κ2) is 4.77. The highest BCUT2D eigenvalue weighted by Gasteiger charge is 2.11. The fourth-order valence-electron chi connectivity index (χ4n) is 1.49. The van der Waals surface area contributed by atoms with Crippen molar-refractivity contribution in [1.29, 1.82) is 0 Å². The van der Waals surface area contributed by atoms with E-state index in [1.54, 1.807) is 6.92 Å². The molecule has 4 N–H and O–H groups in total. The Kier molecular flexibility index (Phi) is 3.15. The maximum absolute atomic E-state index is 10.5. The van der Waals surface area contributed by atoms with Gasteiger partial charge in [0.2, 0.25) is 5.95 Å². The molecule has 0 unspecified atom stereocenters. The summed E-state index contributed by atoms with van der Waals surface area (Å²) in [6, 6.07) is 5.60. The van der Waals surface area contributed by atoms with Crippen molar-refractivity contribution in [2.45, 2.75) is 6.92 Å². The number of aryl methyl sites for hydroxylation is 1. The highest BCUT2D eigenvalue weighted by Crippen LogP contribution is 2.29. The SMILES string of the molecule is Cc1nc(N)nc(N)c1Oc1ccc([N+](=O)[O-])cc1. The first-order valence-corrected chi connectivity index (χ1v) is 5.29. The van der Waals surface area contributed by atoms with Crippen molar-refractivity contribution in [3.63, 3.8) is 0 Å². The molecular weight excluding hydrogens is 250 g/mol. The summed E-state index contributed by atoms with van der Waals surface area (Å²) in [5, 5.41) is 10.5. The third kappa shape index (κ3) is 2.68. The Morgan fingerprint density at radius 3 is 2.37 bits per heavy atom. The number of ether oxygens (including phenoxy) is 1. The lowest BCUT2D eigenvalue weighted by Gasteiger charge is -2.10. The normalized spacial score (nSPS) is 10.2. The molecule has 0 saturated carbocycles. The highest BCUT2D eigenvalue weighted by atomic mass is 16.6. The standard InChI is InChI=1S/C11H11N5O3/c1-6-9(10(12)15-11(13)14-6)19-8-4-2-7(3-5-8)16(17)18/h2-5H,1H3,(H4,12,13,14,15). The fourth-order valence-corrected chi connectivity index (χ4v) is 1.49. The maximum Gasteiger partial charge on any atom is 0.269 e. The van der Waals surface area contributed by atoms with E-state index in [0.29, 0.717) is 11.4 Å². The number of nitro benzene ring substituents is 1. The Hall–Kier alpha value is -2.90. The van der Waals surface area contributed by atoms with E-state index in [1.807, 2.05) is 0 Å². The first-order chi connectivity index (χ1) is 8.97. The van der Waals surface area contributed by atoms with Crippen LogP contribution in [-0.2, 0) is 0 Å². The number of benzene rings is 1. The molecule has 0 bridgehead atoms. The molecule has 0 atom stereocenters. The van der Waals surface area contributed by atoms with Crippen LogP contribution in [0.15, 0.2) is 24.3 Å². The summed E-state index contributed by atoms with van der Waals surface area (Å²) in [7, 11) is 0. The third-order valence-electron chi connectivity index (χ3n) is 2.35. The van der Waals surface area contributed by atoms with Gasteiger partial charge in [-0.15, -0.1) is 0 Å². The van der Waals surface area contributed by atoms with Crippen molar-refractivity contribution in [2.75, 3.05) is 11.5 Å². The van der Waals surface area contributed by atoms with Crippen LogP contribution in [0.3, 0.4) is 0 Å². The lowest BCUT2D eigenvalue weighted by atomic mass is 10.3. The van der Waals surface area contributed by atoms with Gasteiger partial charge in [0.15, 0.2) is 11.6 Å². The molecule has 19 heavy (non-hydrogen) atoms. The first kappa shape index (κ1) is 12.6. The van der Waals surface area contributed by atoms with Gasteiger partial charge in [-0.3, -0.25) is 10.1 Å². The third-order valence-corrected chi connectivity index (χ3v) is 2.35. The van der Waals surface area contributed by atoms with E-state index < -0.39 is 4.92 Å². The molecule has 8 heteroatoms. The van der Waals surface area contributed by atoms with Crippen LogP contribution >= 0.6 is 0 Å². The summed E-state index contributed by atoms with van der Waals surface area (Å²) in [5.41, 5.74) is 11.6. The number of hydrogen-bond acceptors (Lipinski definition) is 7. The molecule has 0 spiro atoms. The van der Waals surface area contributed by atoms with E-state index in [1.165, 1.54) is 24.3 Å². The monoisotopic (exact) mass is 261 g/mol. The molecule has 0 aliphatic carbocycles. The van der Waals surface area contributed by atoms with Gasteiger partial charge in [0.1, 0.15) is 5.75 Å². The van der Waals surface area contributed by atoms with E-state index in [9.17, 15) is 10.1 Å². The van der Waals surface area contributed by atoms with Gasteiger partial charge >= 0.3 is 0 Å². The van der Waals surface area contributed by atoms with Gasteiger partial charge in [-0.05, 0) is 19.1 Å². The Labute approximate surface area is 108 Å². The van der Waals surface area contributed by atoms with Gasteiger partial charge in [0.05, 0.1) is 10.6 Å². The molecule has 2 aromatic rings. The van der Waals surface area contributed by atoms with Crippen LogP contribution in [0.1, 0.15) is 5.69 Å². The summed E-state index contributed by atoms with van der Waals surface area (Å²) in [5.74, 6) is 0.853. The molecule has 0 fully saturated rings. The average Bonchev–Trinajstić information content (AvgIpc) is 2.34. The quantitative estimate of drug-likeness (QED) is 0.634. The smallest absolute Gasteiger partial charge is 0.269 e. The molecule has 98 valence electrons. The number of aromatic nitrogens is 2. The van der Waals surface area contributed by atoms with Crippen LogP contribution in [0.5, 0.6) is 11.5 Å². The zero-order valence-electron chi connectivity index (χ0n) is 10.0. The summed E-state index contributed by atoms with van der Waals surface area (Å²) >= 11 is 0. The molecule has 0 aliphatic rings. The fraction of sp³-hybridized carbons (Fsp3) is 0.0909. The molecule has 0 aliphatic heterocycles. The van der Waals surface area contributed by atoms with Gasteiger partial charge in [0, 0.05) is 12.1 Å². The molecular formula is C11H11N5O3. The van der Waals surface area contributed by atoms with E-state index in [4.69, 9.17) is 16.2 Å². The number of anilines is 2. The predicted octanol–water partition coefficient (Wildman–Crippen LogP) is 1.65. The number of nitrogens with two attached hydrogens (primary N) is 2. The minimum absolute atomic E-state index is 0.0226. The number of nitro groups is 1. The van der Waals surface area contributed by atoms with E-state index in [2.05, 4.69) is 9.97 Å². The van der Waals surface area contributed by atoms with Crippen LogP contribution in [0, 0.1) is 17.0 Å². The molecule has 1 aromatic carbocycles. The lowest BCUT2D eigenvalue weighted by molar-refractivity contribution is -0.384. The number of nitrogens with zero attached hydrogens (tertiary/aromatic N) is 3. The minimum atomic E-state index is -0.490. The average molecular weight is 261 g/mol. The number of hydrogen-bond donors (Lipinski definition) is 2. The molecule has 8 nitrogen and oxygen atoms in total. The second-order valence-corrected chi connectivity index (χ2v) is 3.73. The van der Waals surface area contributed by atoms with Crippen molar-refractivity contribution >= 4 is 17.5 Å². The van der Waals surface area contributed by atoms with Crippen LogP contribution in [-0.4, -0.2) is 14.9 Å². The Morgan fingerprint density at radius 2 is 1.84 bits per heavy atom. The van der Waals surface area contributed by atoms with Crippen molar-refractivity contribution in [3.05, 3.63) is 40.1 Å². The molecule has 0 radical (unpaired) electrons. The van der Waals surface area contributed by atoms with Crippen molar-refractivity contribution in [1.82, 2.24) is 9.97 Å². The van der Waals surface area contributed by atoms with Crippen LogP contribution < -0.4 is 16.2 Å². The van der Waals surface area contributed by atoms with Gasteiger partial charge in [-0.25, -0.2) is 4.98 Å². The first-order valence-electron chi connectivity index (χ1n) is 5.29. The largest absolute Gasteiger partial charge is 0.452 e. The number of rotatable bonds is 3. The summed E-state index contributed by atoms with van der Waals surface area (Å²) in [6.45, 7) is 1.68. The highest BCUT2D eigenvalue weighted by molar-refractivity contribution is 5.53. The van der Waals surface area contributed by atoms with E-state index in [-0.39, 0.29) is 23.2 Å². The Bertz CT molecular complexity index is 604. The van der Waals surface area contributed by atoms with Gasteiger partial charge in [-0.1, -0.05) is 0 Å². The number of nitrogen functional groups attached to an aromatic ring is 2. The predicted molar refractivity (Wildman–Crippen MR) is 68.8 cm³/mol. The van der Waals surface area contributed by atoms with Crippen molar-refractivity contribution in [3.8, 4) is 11.5 Å². The molecule has 0 saturated heterocycles. The van der Waals surface area contributed by atoms with Gasteiger partial charge in [0.25, 0.3) is 5.69 Å². The van der Waals surface area contributed by atoms with Crippen LogP contribution in [0.2, 0.25) is 0 Å². The zero-order chi connectivity index (χ0) is 14.0. The van der Waals surface area contributed by atoms with E-state index >= 15 is 0 Å². The molecule has 0 amide bonds. The summed E-state index contributed by atoms with van der Waals surface area (Å²) < 4.78 is 5.50. The maximum atomic E-state index is 10.5. The van der Waals surface area contributed by atoms with E-state index in [0.717, 1.165) is 0 Å². The molecule has 1 heterocycles. The van der Waals surface area contributed by atoms with Crippen LogP contribution in [0.4, 0.5) is 17.5 Å². The summed E-state index contributed by atoms with van der Waals surface area (Å²) in [4.78, 5) is 17.8. The Balaban J connectivity index is 2.29. The molecule has 1 aromatic heterocycles. The van der Waals surface area contributed by atoms with Gasteiger partial charge in [-0.2, -0.15) is 4.98 Å². The molecule has 2 rings (SSSR count). The lowest BCUT2D eigenvalue weighted by Crippen LogP contribution is -2.04. The summed E-state index contributed by atoms with van der Waals surface area (Å²) in [6.07, 6.45) is 0. The topological polar surface area (TPSA) is 130 Å². The van der Waals surface area contributed by atoms with Gasteiger partial charge < -0.3 is 16.2 Å². The van der Waals surface area contributed by atoms with Crippen molar-refractivity contribution in [2.24, 2.45) is 0 Å². The van der Waals surface area contributed by atoms with Crippen molar-refractivity contribution < 1.29 is 9.66 Å². The Morgan fingerprint density at radius 1 is 1.21 bits per heavy atom. The number of non-ortho nitro benzene ring substituents is 1. The zero-order valence-corrected chi connectivity index (χ0v) is 10.0.